The van der Waals surface area contributed by atoms with Gasteiger partial charge in [0.05, 0.1) is 23.4 Å². The average molecular weight is 622 g/mol. The number of para-hydroxylation sites is 1. The first kappa shape index (κ1) is 30.0. The molecule has 0 aliphatic heterocycles. The zero-order valence-corrected chi connectivity index (χ0v) is 25.8. The molecule has 3 aromatic carbocycles. The van der Waals surface area contributed by atoms with Gasteiger partial charge in [-0.2, -0.15) is 14.6 Å². The minimum absolute atomic E-state index is 0.194. The van der Waals surface area contributed by atoms with E-state index < -0.39 is 5.82 Å². The number of thiazole rings is 1. The number of halogens is 1. The minimum Gasteiger partial charge on any atom is -0.494 e. The van der Waals surface area contributed by atoms with Crippen LogP contribution in [0.2, 0.25) is 0 Å². The lowest BCUT2D eigenvalue weighted by Gasteiger charge is -2.07. The Bertz CT molecular complexity index is 2050. The predicted octanol–water partition coefficient (Wildman–Crippen LogP) is 6.83. The summed E-state index contributed by atoms with van der Waals surface area (Å²) in [6.07, 6.45) is 10.1. The molecule has 0 fully saturated rings. The van der Waals surface area contributed by atoms with E-state index in [0.29, 0.717) is 45.4 Å². The molecule has 0 unspecified atom stereocenters. The van der Waals surface area contributed by atoms with Gasteiger partial charge < -0.3 is 9.47 Å². The molecule has 0 saturated heterocycles. The summed E-state index contributed by atoms with van der Waals surface area (Å²) in [7, 11) is 0. The standard InChI is InChI=1S/C35H32FN5O3S/c1-3-5-20-43-28-15-11-24(12-16-28)13-18-32-37-35-41(38-32)34(42)31(45-35)22-26-23-40(27-9-7-6-8-10-27)39-33(26)25-14-17-30(29(36)21-25)44-19-4-2/h6-18,21-23H,3-5,19-20H2,1-2H3/b18-13+,31-22-. The third-order valence-corrected chi connectivity index (χ3v) is 7.95. The third kappa shape index (κ3) is 6.86. The summed E-state index contributed by atoms with van der Waals surface area (Å²) in [6, 6.07) is 22.2. The third-order valence-electron chi connectivity index (χ3n) is 6.99. The highest BCUT2D eigenvalue weighted by Crippen LogP contribution is 2.29. The topological polar surface area (TPSA) is 83.5 Å². The number of benzene rings is 3. The van der Waals surface area contributed by atoms with E-state index in [-0.39, 0.29) is 11.3 Å². The van der Waals surface area contributed by atoms with Gasteiger partial charge in [0, 0.05) is 17.3 Å². The Kier molecular flexibility index (Phi) is 9.11. The van der Waals surface area contributed by atoms with Crippen molar-refractivity contribution >= 4 is 34.5 Å². The summed E-state index contributed by atoms with van der Waals surface area (Å²) in [6.45, 7) is 5.23. The van der Waals surface area contributed by atoms with Crippen LogP contribution in [0.15, 0.2) is 83.8 Å². The Hall–Kier alpha value is -5.09. The number of hydrogen-bond acceptors (Lipinski definition) is 7. The van der Waals surface area contributed by atoms with Crippen LogP contribution in [-0.4, -0.2) is 37.6 Å². The fraction of sp³-hybridized carbons (Fsp3) is 0.200. The molecule has 0 N–H and O–H groups in total. The molecule has 10 heteroatoms. The zero-order chi connectivity index (χ0) is 31.2. The maximum Gasteiger partial charge on any atom is 0.291 e. The molecule has 0 saturated carbocycles. The number of nitrogens with zero attached hydrogens (tertiary/aromatic N) is 5. The molecule has 8 nitrogen and oxygen atoms in total. The van der Waals surface area contributed by atoms with Gasteiger partial charge in [-0.1, -0.05) is 68.0 Å². The second kappa shape index (κ2) is 13.7. The molecule has 0 bridgehead atoms. The summed E-state index contributed by atoms with van der Waals surface area (Å²) < 4.78 is 29.7. The van der Waals surface area contributed by atoms with Gasteiger partial charge in [0.25, 0.3) is 5.56 Å². The molecule has 0 amide bonds. The zero-order valence-electron chi connectivity index (χ0n) is 25.0. The summed E-state index contributed by atoms with van der Waals surface area (Å²) in [5.41, 5.74) is 3.27. The van der Waals surface area contributed by atoms with Crippen LogP contribution >= 0.6 is 11.3 Å². The van der Waals surface area contributed by atoms with Crippen LogP contribution in [0.5, 0.6) is 11.5 Å². The fourth-order valence-electron chi connectivity index (χ4n) is 4.65. The smallest absolute Gasteiger partial charge is 0.291 e. The second-order valence-electron chi connectivity index (χ2n) is 10.4. The van der Waals surface area contributed by atoms with Crippen LogP contribution in [0.1, 0.15) is 50.1 Å². The van der Waals surface area contributed by atoms with Gasteiger partial charge in [-0.25, -0.2) is 9.07 Å². The van der Waals surface area contributed by atoms with Gasteiger partial charge in [0.1, 0.15) is 11.4 Å². The molecule has 0 aliphatic carbocycles. The quantitative estimate of drug-likeness (QED) is 0.139. The van der Waals surface area contributed by atoms with Crippen LogP contribution in [0.4, 0.5) is 4.39 Å². The number of hydrogen-bond donors (Lipinski definition) is 0. The van der Waals surface area contributed by atoms with Gasteiger partial charge >= 0.3 is 0 Å². The molecule has 3 heterocycles. The van der Waals surface area contributed by atoms with Crippen molar-refractivity contribution in [1.29, 1.82) is 0 Å². The Balaban J connectivity index is 1.30. The van der Waals surface area contributed by atoms with Crippen molar-refractivity contribution in [3.63, 3.8) is 0 Å². The van der Waals surface area contributed by atoms with Crippen molar-refractivity contribution in [1.82, 2.24) is 24.4 Å². The number of ether oxygens (including phenoxy) is 2. The van der Waals surface area contributed by atoms with Crippen molar-refractivity contribution in [3.05, 3.63) is 117 Å². The molecule has 6 aromatic rings. The largest absolute Gasteiger partial charge is 0.494 e. The Morgan fingerprint density at radius 2 is 1.73 bits per heavy atom. The van der Waals surface area contributed by atoms with E-state index in [0.717, 1.165) is 36.3 Å². The molecule has 6 rings (SSSR count). The Morgan fingerprint density at radius 3 is 2.47 bits per heavy atom. The molecule has 0 atom stereocenters. The van der Waals surface area contributed by atoms with Gasteiger partial charge in [-0.3, -0.25) is 4.79 Å². The van der Waals surface area contributed by atoms with Crippen molar-refractivity contribution in [2.75, 3.05) is 13.2 Å². The molecule has 228 valence electrons. The van der Waals surface area contributed by atoms with Gasteiger partial charge in [-0.05, 0) is 73.0 Å². The first-order valence-corrected chi connectivity index (χ1v) is 15.7. The summed E-state index contributed by atoms with van der Waals surface area (Å²) in [4.78, 5) is 18.4. The highest BCUT2D eigenvalue weighted by Gasteiger charge is 2.16. The van der Waals surface area contributed by atoms with E-state index in [1.165, 1.54) is 21.9 Å². The van der Waals surface area contributed by atoms with E-state index in [2.05, 4.69) is 17.0 Å². The number of fused-ring (bicyclic) bond motifs is 1. The number of aromatic nitrogens is 5. The maximum atomic E-state index is 14.9. The van der Waals surface area contributed by atoms with E-state index >= 15 is 0 Å². The second-order valence-corrected chi connectivity index (χ2v) is 11.4. The van der Waals surface area contributed by atoms with Crippen LogP contribution in [0.25, 0.3) is 40.1 Å². The molecular weight excluding hydrogens is 589 g/mol. The SMILES string of the molecule is CCCCOc1ccc(/C=C/c2nc3s/c(=C\c4cn(-c5ccccc5)nc4-c4ccc(OCCC)c(F)c4)c(=O)n3n2)cc1. The monoisotopic (exact) mass is 621 g/mol. The minimum atomic E-state index is -0.471. The summed E-state index contributed by atoms with van der Waals surface area (Å²) in [5, 5.41) is 9.19. The summed E-state index contributed by atoms with van der Waals surface area (Å²) in [5.74, 6) is 0.994. The van der Waals surface area contributed by atoms with Gasteiger partial charge in [0.2, 0.25) is 4.96 Å². The van der Waals surface area contributed by atoms with E-state index in [1.807, 2.05) is 73.8 Å². The lowest BCUT2D eigenvalue weighted by atomic mass is 10.1. The maximum absolute atomic E-state index is 14.9. The van der Waals surface area contributed by atoms with Gasteiger partial charge in [0.15, 0.2) is 17.4 Å². The molecule has 3 aromatic heterocycles. The first-order valence-electron chi connectivity index (χ1n) is 14.9. The normalized spacial score (nSPS) is 12.0. The van der Waals surface area contributed by atoms with Crippen LogP contribution in [-0.2, 0) is 0 Å². The van der Waals surface area contributed by atoms with Gasteiger partial charge in [-0.15, -0.1) is 5.10 Å². The molecule has 45 heavy (non-hydrogen) atoms. The number of unbranched alkanes of at least 4 members (excludes halogenated alkanes) is 1. The van der Waals surface area contributed by atoms with Crippen molar-refractivity contribution in [3.8, 4) is 28.4 Å². The molecular formula is C35H32FN5O3S. The van der Waals surface area contributed by atoms with Crippen LogP contribution in [0, 0.1) is 5.82 Å². The van der Waals surface area contributed by atoms with E-state index in [4.69, 9.17) is 14.6 Å². The first-order chi connectivity index (χ1) is 22.0. The number of rotatable bonds is 12. The fourth-order valence-corrected chi connectivity index (χ4v) is 5.55. The van der Waals surface area contributed by atoms with Crippen molar-refractivity contribution in [2.45, 2.75) is 33.1 Å². The molecule has 0 aliphatic rings. The highest BCUT2D eigenvalue weighted by molar-refractivity contribution is 7.15. The lowest BCUT2D eigenvalue weighted by Crippen LogP contribution is -2.23. The molecule has 0 spiro atoms. The predicted molar refractivity (Wildman–Crippen MR) is 176 cm³/mol. The van der Waals surface area contributed by atoms with E-state index in [1.54, 1.807) is 29.0 Å². The van der Waals surface area contributed by atoms with Crippen LogP contribution < -0.4 is 19.6 Å². The average Bonchev–Trinajstić information content (AvgIpc) is 3.75. The van der Waals surface area contributed by atoms with Crippen LogP contribution in [0.3, 0.4) is 0 Å². The Morgan fingerprint density at radius 1 is 0.911 bits per heavy atom. The van der Waals surface area contributed by atoms with Crippen molar-refractivity contribution < 1.29 is 13.9 Å². The van der Waals surface area contributed by atoms with E-state index in [9.17, 15) is 9.18 Å². The van der Waals surface area contributed by atoms with Crippen molar-refractivity contribution in [2.24, 2.45) is 0 Å². The lowest BCUT2D eigenvalue weighted by molar-refractivity contribution is 0.301. The Labute approximate surface area is 263 Å². The highest BCUT2D eigenvalue weighted by atomic mass is 32.1. The summed E-state index contributed by atoms with van der Waals surface area (Å²) >= 11 is 1.24. The molecule has 0 radical (unpaired) electrons.